The Morgan fingerprint density at radius 2 is 1.81 bits per heavy atom. The molecule has 2 aromatic carbocycles. The number of nitrogens with one attached hydrogen (secondary N) is 1. The van der Waals surface area contributed by atoms with Gasteiger partial charge in [0.25, 0.3) is 0 Å². The number of piperidine rings is 1. The summed E-state index contributed by atoms with van der Waals surface area (Å²) in [5, 5.41) is 14.5. The second-order valence-electron chi connectivity index (χ2n) is 17.1. The first-order chi connectivity index (χ1) is 24.7. The fraction of sp³-hybridized carbons (Fsp3) is 0.581. The lowest BCUT2D eigenvalue weighted by atomic mass is 9.81. The molecule has 1 aromatic heterocycles. The molecule has 3 aliphatic rings. The van der Waals surface area contributed by atoms with Crippen LogP contribution in [-0.4, -0.2) is 66.0 Å². The van der Waals surface area contributed by atoms with Gasteiger partial charge in [-0.2, -0.15) is 0 Å². The molecule has 0 spiro atoms. The molecule has 3 aromatic rings. The molecular formula is C43H59FN4O4. The van der Waals surface area contributed by atoms with Crippen molar-refractivity contribution < 1.29 is 23.8 Å². The molecule has 9 heteroatoms. The van der Waals surface area contributed by atoms with Gasteiger partial charge in [-0.25, -0.2) is 9.18 Å². The van der Waals surface area contributed by atoms with E-state index in [0.717, 1.165) is 118 Å². The summed E-state index contributed by atoms with van der Waals surface area (Å²) < 4.78 is 25.8. The standard InChI is InChI=1S/C43H59FN4O4/c1-28-22-35(44)11-10-33(28)26-47-17-12-31-23-32(8-9-34(31)27-47)38-36(25-45-24-30-13-20-51-21-14-30)46-29(2)37(40(41(49)50)52-42(3,4)5)39(38)48-18-15-43(6,7)16-19-48/h8-11,22-23,30,40,45H,12-21,24-27H2,1-7H3,(H,49,50). The van der Waals surface area contributed by atoms with Gasteiger partial charge in [0.05, 0.1) is 17.0 Å². The maximum absolute atomic E-state index is 13.8. The maximum atomic E-state index is 13.8. The van der Waals surface area contributed by atoms with Crippen LogP contribution in [0.25, 0.3) is 11.1 Å². The van der Waals surface area contributed by atoms with Crippen LogP contribution in [0.5, 0.6) is 0 Å². The highest BCUT2D eigenvalue weighted by molar-refractivity contribution is 5.88. The van der Waals surface area contributed by atoms with Crippen LogP contribution in [0.1, 0.15) is 106 Å². The number of aryl methyl sites for hydroxylation is 2. The zero-order chi connectivity index (χ0) is 37.2. The first-order valence-corrected chi connectivity index (χ1v) is 19.2. The normalized spacial score (nSPS) is 19.0. The molecule has 1 atom stereocenters. The Balaban J connectivity index is 1.43. The summed E-state index contributed by atoms with van der Waals surface area (Å²) in [4.78, 5) is 23.2. The van der Waals surface area contributed by atoms with Crippen LogP contribution in [0.4, 0.5) is 10.1 Å². The van der Waals surface area contributed by atoms with Crippen LogP contribution in [0.15, 0.2) is 36.4 Å². The highest BCUT2D eigenvalue weighted by Crippen LogP contribution is 2.45. The second-order valence-corrected chi connectivity index (χ2v) is 17.1. The molecule has 0 bridgehead atoms. The van der Waals surface area contributed by atoms with Crippen molar-refractivity contribution in [3.05, 3.63) is 81.4 Å². The number of aromatic nitrogens is 1. The summed E-state index contributed by atoms with van der Waals surface area (Å²) in [5.41, 5.74) is 9.59. The van der Waals surface area contributed by atoms with Crippen molar-refractivity contribution in [3.63, 3.8) is 0 Å². The van der Waals surface area contributed by atoms with Crippen molar-refractivity contribution in [2.75, 3.05) is 44.3 Å². The first kappa shape index (κ1) is 38.4. The number of benzene rings is 2. The quantitative estimate of drug-likeness (QED) is 0.206. The number of hydrogen-bond donors (Lipinski definition) is 2. The average molecular weight is 715 g/mol. The van der Waals surface area contributed by atoms with E-state index in [2.05, 4.69) is 47.2 Å². The molecule has 0 saturated carbocycles. The van der Waals surface area contributed by atoms with Crippen LogP contribution in [-0.2, 0) is 40.3 Å². The molecule has 282 valence electrons. The molecule has 2 N–H and O–H groups in total. The van der Waals surface area contributed by atoms with Crippen molar-refractivity contribution in [2.45, 2.75) is 112 Å². The van der Waals surface area contributed by atoms with E-state index in [-0.39, 0.29) is 11.2 Å². The first-order valence-electron chi connectivity index (χ1n) is 19.2. The third-order valence-electron chi connectivity index (χ3n) is 11.2. The smallest absolute Gasteiger partial charge is 0.337 e. The number of carboxylic acids is 1. The lowest BCUT2D eigenvalue weighted by Crippen LogP contribution is -2.39. The van der Waals surface area contributed by atoms with Gasteiger partial charge in [-0.3, -0.25) is 9.88 Å². The summed E-state index contributed by atoms with van der Waals surface area (Å²) >= 11 is 0. The minimum atomic E-state index is -1.17. The molecule has 8 nitrogen and oxygen atoms in total. The van der Waals surface area contributed by atoms with Gasteiger partial charge in [0.1, 0.15) is 5.82 Å². The van der Waals surface area contributed by atoms with E-state index >= 15 is 0 Å². The van der Waals surface area contributed by atoms with Crippen LogP contribution in [0.2, 0.25) is 0 Å². The Kier molecular flexibility index (Phi) is 11.8. The molecule has 3 aliphatic heterocycles. The van der Waals surface area contributed by atoms with E-state index < -0.39 is 17.7 Å². The van der Waals surface area contributed by atoms with E-state index in [1.54, 1.807) is 12.1 Å². The Morgan fingerprint density at radius 1 is 1.08 bits per heavy atom. The van der Waals surface area contributed by atoms with Gasteiger partial charge in [-0.15, -0.1) is 0 Å². The summed E-state index contributed by atoms with van der Waals surface area (Å²) in [6.07, 6.45) is 3.85. The number of anilines is 1. The summed E-state index contributed by atoms with van der Waals surface area (Å²) in [6, 6.07) is 11.8. The molecule has 0 aliphatic carbocycles. The average Bonchev–Trinajstić information content (AvgIpc) is 3.08. The lowest BCUT2D eigenvalue weighted by Gasteiger charge is -2.41. The SMILES string of the molecule is Cc1cc(F)ccc1CN1CCc2cc(-c3c(CNCC4CCOCC4)nc(C)c(C(OC(C)(C)C)C(=O)O)c3N3CCC(C)(C)CC3)ccc2C1. The van der Waals surface area contributed by atoms with Crippen LogP contribution in [0.3, 0.4) is 0 Å². The van der Waals surface area contributed by atoms with Crippen molar-refractivity contribution >= 4 is 11.7 Å². The largest absolute Gasteiger partial charge is 0.479 e. The third-order valence-corrected chi connectivity index (χ3v) is 11.2. The fourth-order valence-corrected chi connectivity index (χ4v) is 8.08. The molecule has 0 radical (unpaired) electrons. The maximum Gasteiger partial charge on any atom is 0.337 e. The van der Waals surface area contributed by atoms with Gasteiger partial charge in [0, 0.05) is 69.3 Å². The van der Waals surface area contributed by atoms with Crippen molar-refractivity contribution in [1.82, 2.24) is 15.2 Å². The molecule has 1 unspecified atom stereocenters. The van der Waals surface area contributed by atoms with Gasteiger partial charge in [0.2, 0.25) is 0 Å². The predicted octanol–water partition coefficient (Wildman–Crippen LogP) is 8.15. The number of nitrogens with zero attached hydrogens (tertiary/aromatic N) is 3. The zero-order valence-corrected chi connectivity index (χ0v) is 32.4. The number of ether oxygens (including phenoxy) is 2. The Labute approximate surface area is 310 Å². The summed E-state index contributed by atoms with van der Waals surface area (Å²) in [5.74, 6) is -0.642. The molecular weight excluding hydrogens is 655 g/mol. The van der Waals surface area contributed by atoms with Crippen LogP contribution in [0, 0.1) is 31.0 Å². The van der Waals surface area contributed by atoms with E-state index in [0.29, 0.717) is 23.7 Å². The summed E-state index contributed by atoms with van der Waals surface area (Å²) in [6.45, 7) is 21.5. The molecule has 6 rings (SSSR count). The zero-order valence-electron chi connectivity index (χ0n) is 32.4. The van der Waals surface area contributed by atoms with Crippen molar-refractivity contribution in [1.29, 1.82) is 0 Å². The van der Waals surface area contributed by atoms with Gasteiger partial charge in [-0.05, 0) is 125 Å². The third kappa shape index (κ3) is 9.22. The lowest BCUT2D eigenvalue weighted by molar-refractivity contribution is -0.160. The van der Waals surface area contributed by atoms with Crippen LogP contribution >= 0.6 is 0 Å². The summed E-state index contributed by atoms with van der Waals surface area (Å²) in [7, 11) is 0. The van der Waals surface area contributed by atoms with Crippen molar-refractivity contribution in [2.24, 2.45) is 11.3 Å². The number of fused-ring (bicyclic) bond motifs is 1. The number of carbonyl (C=O) groups is 1. The number of pyridine rings is 1. The van der Waals surface area contributed by atoms with E-state index in [9.17, 15) is 14.3 Å². The Morgan fingerprint density at radius 3 is 2.48 bits per heavy atom. The minimum absolute atomic E-state index is 0.197. The van der Waals surface area contributed by atoms with E-state index in [4.69, 9.17) is 14.5 Å². The predicted molar refractivity (Wildman–Crippen MR) is 205 cm³/mol. The van der Waals surface area contributed by atoms with Gasteiger partial charge < -0.3 is 24.8 Å². The number of aliphatic carboxylic acids is 1. The molecule has 0 amide bonds. The van der Waals surface area contributed by atoms with Gasteiger partial charge >= 0.3 is 5.97 Å². The Bertz CT molecular complexity index is 1740. The fourth-order valence-electron chi connectivity index (χ4n) is 8.08. The molecule has 2 fully saturated rings. The van der Waals surface area contributed by atoms with Gasteiger partial charge in [-0.1, -0.05) is 38.1 Å². The number of halogens is 1. The van der Waals surface area contributed by atoms with E-state index in [1.807, 2.05) is 40.7 Å². The Hall–Kier alpha value is -3.37. The molecule has 4 heterocycles. The minimum Gasteiger partial charge on any atom is -0.479 e. The number of carboxylic acid groups (broad SMARTS) is 1. The van der Waals surface area contributed by atoms with Gasteiger partial charge in [0.15, 0.2) is 6.10 Å². The molecule has 2 saturated heterocycles. The highest BCUT2D eigenvalue weighted by Gasteiger charge is 2.37. The monoisotopic (exact) mass is 714 g/mol. The topological polar surface area (TPSA) is 87.2 Å². The highest BCUT2D eigenvalue weighted by atomic mass is 19.1. The molecule has 52 heavy (non-hydrogen) atoms. The van der Waals surface area contributed by atoms with Crippen LogP contribution < -0.4 is 10.2 Å². The second kappa shape index (κ2) is 15.9. The number of rotatable bonds is 11. The number of hydrogen-bond acceptors (Lipinski definition) is 7. The van der Waals surface area contributed by atoms with Crippen molar-refractivity contribution in [3.8, 4) is 11.1 Å². The van der Waals surface area contributed by atoms with E-state index in [1.165, 1.54) is 11.1 Å².